The Kier molecular flexibility index (Phi) is 4.37. The van der Waals surface area contributed by atoms with Gasteiger partial charge in [-0.1, -0.05) is 24.3 Å². The SMILES string of the molecule is O=C(CN1CCCCc2c(F)cccc21)Nc1ccccc1. The first-order valence-electron chi connectivity index (χ1n) is 7.61. The van der Waals surface area contributed by atoms with E-state index < -0.39 is 0 Å². The molecule has 22 heavy (non-hydrogen) atoms. The summed E-state index contributed by atoms with van der Waals surface area (Å²) in [5.41, 5.74) is 2.36. The molecule has 3 nitrogen and oxygen atoms in total. The van der Waals surface area contributed by atoms with Crippen molar-refractivity contribution in [2.75, 3.05) is 23.3 Å². The van der Waals surface area contributed by atoms with Gasteiger partial charge in [0.1, 0.15) is 5.82 Å². The molecular formula is C18H19FN2O. The zero-order valence-corrected chi connectivity index (χ0v) is 12.4. The van der Waals surface area contributed by atoms with Crippen molar-refractivity contribution < 1.29 is 9.18 Å². The van der Waals surface area contributed by atoms with E-state index in [0.717, 1.165) is 42.7 Å². The van der Waals surface area contributed by atoms with E-state index >= 15 is 0 Å². The minimum atomic E-state index is -0.173. The van der Waals surface area contributed by atoms with E-state index in [4.69, 9.17) is 0 Å². The average molecular weight is 298 g/mol. The maximum atomic E-state index is 14.0. The molecule has 1 N–H and O–H groups in total. The lowest BCUT2D eigenvalue weighted by Gasteiger charge is -2.24. The molecule has 0 saturated carbocycles. The molecule has 0 aromatic heterocycles. The average Bonchev–Trinajstić information content (AvgIpc) is 2.72. The third-order valence-electron chi connectivity index (χ3n) is 3.93. The van der Waals surface area contributed by atoms with Gasteiger partial charge in [0.25, 0.3) is 0 Å². The summed E-state index contributed by atoms with van der Waals surface area (Å²) in [5, 5.41) is 2.88. The fourth-order valence-electron chi connectivity index (χ4n) is 2.88. The Balaban J connectivity index is 1.75. The van der Waals surface area contributed by atoms with E-state index in [9.17, 15) is 9.18 Å². The number of carbonyl (C=O) groups is 1. The second kappa shape index (κ2) is 6.60. The Morgan fingerprint density at radius 3 is 2.73 bits per heavy atom. The molecule has 1 amide bonds. The van der Waals surface area contributed by atoms with Crippen molar-refractivity contribution in [3.8, 4) is 0 Å². The zero-order chi connectivity index (χ0) is 15.4. The fraction of sp³-hybridized carbons (Fsp3) is 0.278. The quantitative estimate of drug-likeness (QED) is 0.939. The van der Waals surface area contributed by atoms with Gasteiger partial charge in [0.05, 0.1) is 6.54 Å². The van der Waals surface area contributed by atoms with E-state index in [1.165, 1.54) is 6.07 Å². The van der Waals surface area contributed by atoms with Crippen LogP contribution in [0.5, 0.6) is 0 Å². The third kappa shape index (κ3) is 3.27. The molecular weight excluding hydrogens is 279 g/mol. The van der Waals surface area contributed by atoms with Crippen molar-refractivity contribution in [3.63, 3.8) is 0 Å². The van der Waals surface area contributed by atoms with Crippen molar-refractivity contribution in [2.45, 2.75) is 19.3 Å². The molecule has 4 heteroatoms. The van der Waals surface area contributed by atoms with Crippen LogP contribution in [-0.4, -0.2) is 19.0 Å². The number of para-hydroxylation sites is 1. The van der Waals surface area contributed by atoms with Crippen molar-refractivity contribution in [1.82, 2.24) is 0 Å². The van der Waals surface area contributed by atoms with Crippen LogP contribution in [0.2, 0.25) is 0 Å². The van der Waals surface area contributed by atoms with E-state index in [0.29, 0.717) is 0 Å². The van der Waals surface area contributed by atoms with Crippen molar-refractivity contribution in [1.29, 1.82) is 0 Å². The van der Waals surface area contributed by atoms with Gasteiger partial charge in [0, 0.05) is 23.5 Å². The summed E-state index contributed by atoms with van der Waals surface area (Å²) in [5.74, 6) is -0.254. The molecule has 0 radical (unpaired) electrons. The summed E-state index contributed by atoms with van der Waals surface area (Å²) >= 11 is 0. The van der Waals surface area contributed by atoms with E-state index in [2.05, 4.69) is 5.32 Å². The number of fused-ring (bicyclic) bond motifs is 1. The van der Waals surface area contributed by atoms with Gasteiger partial charge < -0.3 is 10.2 Å². The second-order valence-corrected chi connectivity index (χ2v) is 5.53. The van der Waals surface area contributed by atoms with Gasteiger partial charge in [-0.3, -0.25) is 4.79 Å². The van der Waals surface area contributed by atoms with Gasteiger partial charge in [-0.25, -0.2) is 4.39 Å². The molecule has 1 heterocycles. The summed E-state index contributed by atoms with van der Waals surface area (Å²) in [4.78, 5) is 14.2. The minimum Gasteiger partial charge on any atom is -0.362 e. The summed E-state index contributed by atoms with van der Waals surface area (Å²) in [6.07, 6.45) is 2.65. The third-order valence-corrected chi connectivity index (χ3v) is 3.93. The molecule has 0 fully saturated rings. The van der Waals surface area contributed by atoms with Crippen LogP contribution in [-0.2, 0) is 11.2 Å². The molecule has 3 rings (SSSR count). The number of anilines is 2. The molecule has 2 aromatic carbocycles. The second-order valence-electron chi connectivity index (χ2n) is 5.53. The lowest BCUT2D eigenvalue weighted by atomic mass is 10.1. The molecule has 1 aliphatic heterocycles. The lowest BCUT2D eigenvalue weighted by Crippen LogP contribution is -2.34. The van der Waals surface area contributed by atoms with Crippen LogP contribution in [0.3, 0.4) is 0 Å². The molecule has 2 aromatic rings. The smallest absolute Gasteiger partial charge is 0.243 e. The van der Waals surface area contributed by atoms with Crippen LogP contribution in [0.1, 0.15) is 18.4 Å². The number of rotatable bonds is 3. The Labute approximate surface area is 129 Å². The Morgan fingerprint density at radius 1 is 1.09 bits per heavy atom. The molecule has 1 aliphatic rings. The molecule has 0 bridgehead atoms. The van der Waals surface area contributed by atoms with E-state index in [1.807, 2.05) is 41.3 Å². The summed E-state index contributed by atoms with van der Waals surface area (Å²) in [6.45, 7) is 1.02. The summed E-state index contributed by atoms with van der Waals surface area (Å²) in [7, 11) is 0. The Hall–Kier alpha value is -2.36. The Bertz CT molecular complexity index is 657. The highest BCUT2D eigenvalue weighted by Crippen LogP contribution is 2.28. The molecule has 0 aliphatic carbocycles. The summed E-state index contributed by atoms with van der Waals surface area (Å²) < 4.78 is 14.0. The number of carbonyl (C=O) groups excluding carboxylic acids is 1. The van der Waals surface area contributed by atoms with Crippen molar-refractivity contribution in [3.05, 3.63) is 59.9 Å². The molecule has 0 saturated heterocycles. The standard InChI is InChI=1S/C18H19FN2O/c19-16-10-6-11-17-15(16)9-4-5-12-21(17)13-18(22)20-14-7-2-1-3-8-14/h1-3,6-8,10-11H,4-5,9,12-13H2,(H,20,22). The molecule has 0 unspecified atom stereocenters. The fourth-order valence-corrected chi connectivity index (χ4v) is 2.88. The number of hydrogen-bond acceptors (Lipinski definition) is 2. The van der Waals surface area contributed by atoms with E-state index in [1.54, 1.807) is 6.07 Å². The van der Waals surface area contributed by atoms with Crippen LogP contribution >= 0.6 is 0 Å². The Morgan fingerprint density at radius 2 is 1.91 bits per heavy atom. The van der Waals surface area contributed by atoms with E-state index in [-0.39, 0.29) is 18.3 Å². The first-order valence-corrected chi connectivity index (χ1v) is 7.61. The maximum Gasteiger partial charge on any atom is 0.243 e. The maximum absolute atomic E-state index is 14.0. The number of nitrogens with zero attached hydrogens (tertiary/aromatic N) is 1. The number of nitrogens with one attached hydrogen (secondary N) is 1. The normalized spacial score (nSPS) is 14.1. The number of hydrogen-bond donors (Lipinski definition) is 1. The highest BCUT2D eigenvalue weighted by atomic mass is 19.1. The van der Waals surface area contributed by atoms with Crippen LogP contribution in [0.4, 0.5) is 15.8 Å². The molecule has 0 spiro atoms. The zero-order valence-electron chi connectivity index (χ0n) is 12.4. The topological polar surface area (TPSA) is 32.3 Å². The van der Waals surface area contributed by atoms with Gasteiger partial charge in [0.15, 0.2) is 0 Å². The van der Waals surface area contributed by atoms with Gasteiger partial charge in [-0.2, -0.15) is 0 Å². The molecule has 114 valence electrons. The first kappa shape index (κ1) is 14.6. The van der Waals surface area contributed by atoms with Gasteiger partial charge in [0.2, 0.25) is 5.91 Å². The largest absolute Gasteiger partial charge is 0.362 e. The number of halogens is 1. The highest BCUT2D eigenvalue weighted by molar-refractivity contribution is 5.94. The van der Waals surface area contributed by atoms with Crippen LogP contribution in [0.15, 0.2) is 48.5 Å². The predicted octanol–water partition coefficient (Wildman–Crippen LogP) is 3.61. The molecule has 0 atom stereocenters. The van der Waals surface area contributed by atoms with Crippen LogP contribution in [0, 0.1) is 5.82 Å². The van der Waals surface area contributed by atoms with Gasteiger partial charge in [-0.05, 0) is 43.5 Å². The summed E-state index contributed by atoms with van der Waals surface area (Å²) in [6, 6.07) is 14.5. The first-order chi connectivity index (χ1) is 10.7. The van der Waals surface area contributed by atoms with Gasteiger partial charge >= 0.3 is 0 Å². The van der Waals surface area contributed by atoms with Gasteiger partial charge in [-0.15, -0.1) is 0 Å². The number of amides is 1. The minimum absolute atomic E-state index is 0.0803. The predicted molar refractivity (Wildman–Crippen MR) is 86.6 cm³/mol. The van der Waals surface area contributed by atoms with Crippen molar-refractivity contribution in [2.24, 2.45) is 0 Å². The van der Waals surface area contributed by atoms with Crippen LogP contribution < -0.4 is 10.2 Å². The van der Waals surface area contributed by atoms with Crippen molar-refractivity contribution >= 4 is 17.3 Å². The monoisotopic (exact) mass is 298 g/mol. The lowest BCUT2D eigenvalue weighted by molar-refractivity contribution is -0.115. The van der Waals surface area contributed by atoms with Crippen LogP contribution in [0.25, 0.3) is 0 Å². The highest BCUT2D eigenvalue weighted by Gasteiger charge is 2.20. The number of benzene rings is 2.